The molecule has 0 saturated heterocycles. The predicted octanol–water partition coefficient (Wildman–Crippen LogP) is -0.367. The fraction of sp³-hybridized carbons (Fsp3) is 0.400. The summed E-state index contributed by atoms with van der Waals surface area (Å²) in [6.45, 7) is 0. The molecule has 3 aliphatic rings. The highest BCUT2D eigenvalue weighted by Gasteiger charge is 2.66. The second-order valence-electron chi connectivity index (χ2n) is 10.1. The van der Waals surface area contributed by atoms with E-state index in [-0.39, 0.29) is 29.9 Å². The molecule has 3 aliphatic carbocycles. The lowest BCUT2D eigenvalue weighted by Gasteiger charge is -2.48. The summed E-state index contributed by atoms with van der Waals surface area (Å²) < 4.78 is 4.83. The second-order valence-corrected chi connectivity index (χ2v) is 10.1. The number of aromatic nitrogens is 1. The van der Waals surface area contributed by atoms with Gasteiger partial charge in [0, 0.05) is 38.2 Å². The number of aromatic hydroxyl groups is 1. The van der Waals surface area contributed by atoms with Crippen LogP contribution in [0.3, 0.4) is 0 Å². The Labute approximate surface area is 214 Å². The largest absolute Gasteiger partial charge is 0.505 e. The van der Waals surface area contributed by atoms with E-state index in [4.69, 9.17) is 10.3 Å². The molecule has 0 spiro atoms. The number of phenols is 1. The Balaban J connectivity index is 1.59. The minimum atomic E-state index is -2.74. The number of ketones is 4. The Bertz CT molecular complexity index is 1430. The molecular weight excluding hydrogens is 500 g/mol. The lowest BCUT2D eigenvalue weighted by atomic mass is 9.53. The van der Waals surface area contributed by atoms with E-state index in [2.05, 4.69) is 10.5 Å². The number of nitrogens with zero attached hydrogens (tertiary/aromatic N) is 2. The van der Waals surface area contributed by atoms with Crippen molar-refractivity contribution in [2.45, 2.75) is 24.9 Å². The van der Waals surface area contributed by atoms with Crippen LogP contribution in [0.15, 0.2) is 22.9 Å². The van der Waals surface area contributed by atoms with E-state index in [1.54, 1.807) is 19.0 Å². The highest BCUT2D eigenvalue weighted by Crippen LogP contribution is 2.52. The number of amides is 2. The van der Waals surface area contributed by atoms with Crippen LogP contribution in [0.5, 0.6) is 5.75 Å². The molecule has 198 valence electrons. The molecule has 2 amide bonds. The smallest absolute Gasteiger partial charge is 0.294 e. The Morgan fingerprint density at radius 1 is 1.18 bits per heavy atom. The van der Waals surface area contributed by atoms with Crippen molar-refractivity contribution in [3.63, 3.8) is 0 Å². The van der Waals surface area contributed by atoms with Gasteiger partial charge in [0.2, 0.25) is 11.7 Å². The number of carbonyl (C=O) groups is 6. The summed E-state index contributed by atoms with van der Waals surface area (Å²) in [5.74, 6) is -12.1. The van der Waals surface area contributed by atoms with E-state index >= 15 is 0 Å². The lowest BCUT2D eigenvalue weighted by Crippen LogP contribution is -2.68. The maximum atomic E-state index is 13.8. The summed E-state index contributed by atoms with van der Waals surface area (Å²) in [5, 5.41) is 28.3. The van der Waals surface area contributed by atoms with Crippen LogP contribution < -0.4 is 16.0 Å². The number of rotatable bonds is 4. The molecule has 13 nitrogen and oxygen atoms in total. The van der Waals surface area contributed by atoms with Crippen LogP contribution in [-0.4, -0.2) is 70.0 Å². The Hall–Kier alpha value is -4.39. The fourth-order valence-corrected chi connectivity index (χ4v) is 6.03. The zero-order valence-electron chi connectivity index (χ0n) is 20.4. The third kappa shape index (κ3) is 3.45. The van der Waals surface area contributed by atoms with Gasteiger partial charge in [-0.2, -0.15) is 0 Å². The van der Waals surface area contributed by atoms with E-state index in [1.165, 1.54) is 18.3 Å². The summed E-state index contributed by atoms with van der Waals surface area (Å²) >= 11 is 0. The molecule has 1 heterocycles. The predicted molar refractivity (Wildman–Crippen MR) is 127 cm³/mol. The van der Waals surface area contributed by atoms with Gasteiger partial charge in [0.15, 0.2) is 34.7 Å². The molecule has 0 bridgehead atoms. The monoisotopic (exact) mass is 524 g/mol. The zero-order chi connectivity index (χ0) is 27.7. The van der Waals surface area contributed by atoms with Crippen LogP contribution >= 0.6 is 0 Å². The van der Waals surface area contributed by atoms with Crippen molar-refractivity contribution in [1.29, 1.82) is 0 Å². The van der Waals surface area contributed by atoms with Gasteiger partial charge in [-0.15, -0.1) is 0 Å². The highest BCUT2D eigenvalue weighted by molar-refractivity contribution is 6.31. The standard InChI is InChI=1S/C25H24N4O9/c1-29(2)13-8-12(28-24(36)15-3-4-27-38-15)19(31)17-11(13)6-9-5-10-7-14(30)18(23(26)35)22(34)25(10,37)21(33)16(9)20(17)32/h3-4,8-10,16,18,31,37H,5-7H2,1-2H3,(H2,26,35)(H,28,36)/t9-,10+,16?,18?,25+/m1/s1. The maximum Gasteiger partial charge on any atom is 0.294 e. The molecule has 2 saturated carbocycles. The molecule has 5 N–H and O–H groups in total. The normalized spacial score (nSPS) is 28.3. The van der Waals surface area contributed by atoms with Gasteiger partial charge < -0.3 is 30.7 Å². The Morgan fingerprint density at radius 2 is 1.89 bits per heavy atom. The molecule has 5 atom stereocenters. The first-order valence-electron chi connectivity index (χ1n) is 11.8. The number of fused-ring (bicyclic) bond motifs is 3. The van der Waals surface area contributed by atoms with Crippen molar-refractivity contribution in [1.82, 2.24) is 5.16 Å². The first-order chi connectivity index (χ1) is 17.9. The fourth-order valence-electron chi connectivity index (χ4n) is 6.03. The number of benzene rings is 1. The van der Waals surface area contributed by atoms with Crippen molar-refractivity contribution in [2.24, 2.45) is 29.4 Å². The van der Waals surface area contributed by atoms with Gasteiger partial charge in [-0.1, -0.05) is 5.16 Å². The maximum absolute atomic E-state index is 13.8. The zero-order valence-corrected chi connectivity index (χ0v) is 20.4. The summed E-state index contributed by atoms with van der Waals surface area (Å²) in [6, 6.07) is 2.78. The molecule has 5 rings (SSSR count). The molecular formula is C25H24N4O9. The van der Waals surface area contributed by atoms with Crippen LogP contribution in [0, 0.1) is 23.7 Å². The Morgan fingerprint density at radius 3 is 2.50 bits per heavy atom. The number of aliphatic hydroxyl groups is 1. The van der Waals surface area contributed by atoms with Crippen molar-refractivity contribution in [3.05, 3.63) is 35.2 Å². The quantitative estimate of drug-likeness (QED) is 0.299. The van der Waals surface area contributed by atoms with Gasteiger partial charge in [-0.05, 0) is 30.4 Å². The SMILES string of the molecule is CN(C)c1cc(NC(=O)c2ccno2)c(O)c2c1C[C@H]1C[C@H]3CC(=O)C(C(N)=O)C(=O)[C@@]3(O)C(=O)C1C2=O. The number of phenolic OH excluding ortho intramolecular Hbond substituents is 1. The van der Waals surface area contributed by atoms with Crippen LogP contribution in [0.1, 0.15) is 39.3 Å². The number of nitrogens with one attached hydrogen (secondary N) is 1. The summed E-state index contributed by atoms with van der Waals surface area (Å²) in [7, 11) is 3.39. The van der Waals surface area contributed by atoms with Crippen LogP contribution in [0.25, 0.3) is 0 Å². The van der Waals surface area contributed by atoms with Gasteiger partial charge in [-0.25, -0.2) is 0 Å². The molecule has 1 aromatic carbocycles. The van der Waals surface area contributed by atoms with Crippen molar-refractivity contribution in [3.8, 4) is 5.75 Å². The summed E-state index contributed by atoms with van der Waals surface area (Å²) in [5.41, 5.74) is 3.00. The van der Waals surface area contributed by atoms with E-state index in [0.29, 0.717) is 11.3 Å². The van der Waals surface area contributed by atoms with E-state index in [9.17, 15) is 39.0 Å². The number of anilines is 2. The molecule has 2 fully saturated rings. The summed E-state index contributed by atoms with van der Waals surface area (Å²) in [6.07, 6.45) is 0.943. The first kappa shape index (κ1) is 25.3. The minimum Gasteiger partial charge on any atom is -0.505 e. The minimum absolute atomic E-state index is 0.0152. The molecule has 0 radical (unpaired) electrons. The molecule has 2 unspecified atom stereocenters. The number of nitrogens with two attached hydrogens (primary N) is 1. The van der Waals surface area contributed by atoms with Gasteiger partial charge >= 0.3 is 0 Å². The number of Topliss-reactive ketones (excluding diaryl/α,β-unsaturated/α-hetero) is 4. The van der Waals surface area contributed by atoms with E-state index in [0.717, 1.165) is 0 Å². The molecule has 13 heteroatoms. The number of carbonyl (C=O) groups excluding carboxylic acids is 6. The van der Waals surface area contributed by atoms with Gasteiger partial charge in [0.05, 0.1) is 23.4 Å². The average molecular weight is 524 g/mol. The van der Waals surface area contributed by atoms with E-state index < -0.39 is 76.4 Å². The van der Waals surface area contributed by atoms with Crippen LogP contribution in [0.2, 0.25) is 0 Å². The number of hydrogen-bond acceptors (Lipinski definition) is 11. The Kier molecular flexibility index (Phi) is 5.71. The molecule has 1 aromatic heterocycles. The van der Waals surface area contributed by atoms with E-state index in [1.807, 2.05) is 0 Å². The average Bonchev–Trinajstić information content (AvgIpc) is 3.38. The van der Waals surface area contributed by atoms with Crippen molar-refractivity contribution in [2.75, 3.05) is 24.3 Å². The van der Waals surface area contributed by atoms with Crippen molar-refractivity contribution >= 4 is 46.3 Å². The molecule has 38 heavy (non-hydrogen) atoms. The second kappa shape index (κ2) is 8.58. The lowest BCUT2D eigenvalue weighted by molar-refractivity contribution is -0.175. The van der Waals surface area contributed by atoms with Crippen LogP contribution in [0.4, 0.5) is 11.4 Å². The summed E-state index contributed by atoms with van der Waals surface area (Å²) in [4.78, 5) is 78.9. The third-order valence-electron chi connectivity index (χ3n) is 7.77. The topological polar surface area (TPSA) is 210 Å². The van der Waals surface area contributed by atoms with Crippen molar-refractivity contribution < 1.29 is 43.5 Å². The third-order valence-corrected chi connectivity index (χ3v) is 7.77. The van der Waals surface area contributed by atoms with Gasteiger partial charge in [-0.3, -0.25) is 28.8 Å². The molecule has 0 aliphatic heterocycles. The number of hydrogen-bond donors (Lipinski definition) is 4. The molecule has 2 aromatic rings. The van der Waals surface area contributed by atoms with Crippen LogP contribution in [-0.2, 0) is 25.6 Å². The van der Waals surface area contributed by atoms with Gasteiger partial charge in [0.25, 0.3) is 5.91 Å². The first-order valence-corrected chi connectivity index (χ1v) is 11.8. The van der Waals surface area contributed by atoms with Gasteiger partial charge in [0.1, 0.15) is 5.75 Å². The highest BCUT2D eigenvalue weighted by atomic mass is 16.5. The number of primary amides is 1.